The van der Waals surface area contributed by atoms with Crippen LogP contribution in [0.15, 0.2) is 59.7 Å². The van der Waals surface area contributed by atoms with Gasteiger partial charge in [0.2, 0.25) is 0 Å². The molecule has 2 heterocycles. The molecule has 26 heavy (non-hydrogen) atoms. The van der Waals surface area contributed by atoms with Gasteiger partial charge < -0.3 is 4.74 Å². The van der Waals surface area contributed by atoms with E-state index in [0.717, 1.165) is 30.9 Å². The van der Waals surface area contributed by atoms with Crippen LogP contribution in [0.3, 0.4) is 0 Å². The number of hydrogen-bond acceptors (Lipinski definition) is 3. The molecule has 5 rings (SSSR count). The maximum atomic E-state index is 6.67. The molecule has 2 aromatic carbocycles. The number of benzene rings is 2. The Balaban J connectivity index is 1.55. The molecule has 3 aliphatic rings. The summed E-state index contributed by atoms with van der Waals surface area (Å²) in [6, 6.07) is 19.5. The van der Waals surface area contributed by atoms with Gasteiger partial charge in [-0.2, -0.15) is 5.10 Å². The van der Waals surface area contributed by atoms with Crippen LogP contribution < -0.4 is 4.74 Å². The molecule has 2 aromatic rings. The second-order valence-electron chi connectivity index (χ2n) is 7.91. The quantitative estimate of drug-likeness (QED) is 0.714. The Labute approximate surface area is 155 Å². The summed E-state index contributed by atoms with van der Waals surface area (Å²) < 4.78 is 6.67. The molecule has 0 N–H and O–H groups in total. The van der Waals surface area contributed by atoms with Crippen molar-refractivity contribution in [3.05, 3.63) is 65.7 Å². The smallest absolute Gasteiger partial charge is 0.198 e. The van der Waals surface area contributed by atoms with Gasteiger partial charge in [0.1, 0.15) is 5.75 Å². The maximum absolute atomic E-state index is 6.67. The lowest BCUT2D eigenvalue weighted by atomic mass is 9.80. The highest BCUT2D eigenvalue weighted by Gasteiger charge is 2.51. The van der Waals surface area contributed by atoms with E-state index in [4.69, 9.17) is 9.84 Å². The van der Waals surface area contributed by atoms with Gasteiger partial charge in [-0.15, -0.1) is 0 Å². The summed E-state index contributed by atoms with van der Waals surface area (Å²) in [4.78, 5) is 0. The SMILES string of the molecule is CCC1CCC2(CC1)Oc1ccccc1[C@H]1CC(c3ccccc3)=NN12. The van der Waals surface area contributed by atoms with Crippen molar-refractivity contribution in [2.45, 2.75) is 57.2 Å². The number of fused-ring (bicyclic) bond motifs is 4. The minimum Gasteiger partial charge on any atom is -0.466 e. The summed E-state index contributed by atoms with van der Waals surface area (Å²) in [6.07, 6.45) is 6.85. The van der Waals surface area contributed by atoms with Crippen molar-refractivity contribution >= 4 is 5.71 Å². The molecular weight excluding hydrogens is 320 g/mol. The van der Waals surface area contributed by atoms with Crippen LogP contribution in [0.5, 0.6) is 5.75 Å². The average molecular weight is 346 g/mol. The van der Waals surface area contributed by atoms with Gasteiger partial charge in [0.05, 0.1) is 11.8 Å². The lowest BCUT2D eigenvalue weighted by molar-refractivity contribution is -0.146. The van der Waals surface area contributed by atoms with Crippen LogP contribution in [0.2, 0.25) is 0 Å². The van der Waals surface area contributed by atoms with Gasteiger partial charge in [-0.3, -0.25) is 0 Å². The highest BCUT2D eigenvalue weighted by molar-refractivity contribution is 6.01. The monoisotopic (exact) mass is 346 g/mol. The molecule has 0 aromatic heterocycles. The summed E-state index contributed by atoms with van der Waals surface area (Å²) in [5.41, 5.74) is 3.44. The predicted molar refractivity (Wildman–Crippen MR) is 104 cm³/mol. The van der Waals surface area contributed by atoms with Gasteiger partial charge in [0.15, 0.2) is 5.72 Å². The van der Waals surface area contributed by atoms with Crippen molar-refractivity contribution in [3.8, 4) is 5.75 Å². The molecule has 1 aliphatic carbocycles. The summed E-state index contributed by atoms with van der Waals surface area (Å²) in [6.45, 7) is 2.31. The molecule has 0 amide bonds. The summed E-state index contributed by atoms with van der Waals surface area (Å²) in [5, 5.41) is 7.45. The van der Waals surface area contributed by atoms with Crippen molar-refractivity contribution in [1.82, 2.24) is 5.01 Å². The van der Waals surface area contributed by atoms with Gasteiger partial charge in [0, 0.05) is 24.8 Å². The third kappa shape index (κ3) is 2.45. The fourth-order valence-corrected chi connectivity index (χ4v) is 4.90. The van der Waals surface area contributed by atoms with Crippen molar-refractivity contribution in [2.24, 2.45) is 11.0 Å². The third-order valence-corrected chi connectivity index (χ3v) is 6.48. The van der Waals surface area contributed by atoms with E-state index in [9.17, 15) is 0 Å². The minimum atomic E-state index is -0.263. The number of ether oxygens (including phenoxy) is 1. The zero-order valence-corrected chi connectivity index (χ0v) is 15.4. The molecule has 0 bridgehead atoms. The van der Waals surface area contributed by atoms with Crippen LogP contribution in [0.4, 0.5) is 0 Å². The molecule has 1 atom stereocenters. The van der Waals surface area contributed by atoms with Crippen LogP contribution in [-0.4, -0.2) is 16.4 Å². The van der Waals surface area contributed by atoms with Gasteiger partial charge >= 0.3 is 0 Å². The van der Waals surface area contributed by atoms with Crippen LogP contribution in [0.25, 0.3) is 0 Å². The van der Waals surface area contributed by atoms with Gasteiger partial charge in [-0.05, 0) is 30.4 Å². The largest absolute Gasteiger partial charge is 0.466 e. The molecular formula is C23H26N2O. The van der Waals surface area contributed by atoms with Crippen molar-refractivity contribution in [1.29, 1.82) is 0 Å². The van der Waals surface area contributed by atoms with Crippen LogP contribution in [0.1, 0.15) is 62.6 Å². The number of hydrazone groups is 1. The Hall–Kier alpha value is -2.29. The molecule has 3 nitrogen and oxygen atoms in total. The molecule has 2 aliphatic heterocycles. The second-order valence-corrected chi connectivity index (χ2v) is 7.91. The number of nitrogens with zero attached hydrogens (tertiary/aromatic N) is 2. The first-order chi connectivity index (χ1) is 12.8. The maximum Gasteiger partial charge on any atom is 0.198 e. The van der Waals surface area contributed by atoms with E-state index in [1.165, 1.54) is 36.1 Å². The number of hydrogen-bond donors (Lipinski definition) is 0. The summed E-state index contributed by atoms with van der Waals surface area (Å²) in [7, 11) is 0. The second kappa shape index (κ2) is 6.15. The molecule has 134 valence electrons. The van der Waals surface area contributed by atoms with Crippen molar-refractivity contribution < 1.29 is 4.74 Å². The van der Waals surface area contributed by atoms with Crippen LogP contribution >= 0.6 is 0 Å². The zero-order valence-electron chi connectivity index (χ0n) is 15.4. The Morgan fingerprint density at radius 1 is 1.04 bits per heavy atom. The fraction of sp³-hybridized carbons (Fsp3) is 0.435. The highest BCUT2D eigenvalue weighted by atomic mass is 16.5. The zero-order chi connectivity index (χ0) is 17.6. The fourth-order valence-electron chi connectivity index (χ4n) is 4.90. The lowest BCUT2D eigenvalue weighted by Gasteiger charge is -2.50. The first kappa shape index (κ1) is 15.9. The molecule has 1 spiro atoms. The Bertz CT molecular complexity index is 821. The molecule has 3 heteroatoms. The molecule has 1 saturated carbocycles. The predicted octanol–water partition coefficient (Wildman–Crippen LogP) is 5.53. The topological polar surface area (TPSA) is 24.8 Å². The highest BCUT2D eigenvalue weighted by Crippen LogP contribution is 2.52. The van der Waals surface area contributed by atoms with Crippen molar-refractivity contribution in [3.63, 3.8) is 0 Å². The van der Waals surface area contributed by atoms with Crippen molar-refractivity contribution in [2.75, 3.05) is 0 Å². The molecule has 0 radical (unpaired) electrons. The molecule has 1 fully saturated rings. The lowest BCUT2D eigenvalue weighted by Crippen LogP contribution is -2.55. The van der Waals surface area contributed by atoms with E-state index in [1.54, 1.807) is 0 Å². The third-order valence-electron chi connectivity index (χ3n) is 6.48. The van der Waals surface area contributed by atoms with E-state index in [-0.39, 0.29) is 5.72 Å². The Kier molecular flexibility index (Phi) is 3.77. The van der Waals surface area contributed by atoms with E-state index >= 15 is 0 Å². The average Bonchev–Trinajstić information content (AvgIpc) is 3.16. The molecule has 0 unspecified atom stereocenters. The Morgan fingerprint density at radius 3 is 2.54 bits per heavy atom. The van der Waals surface area contributed by atoms with E-state index in [0.29, 0.717) is 6.04 Å². The van der Waals surface area contributed by atoms with Crippen LogP contribution in [-0.2, 0) is 0 Å². The number of rotatable bonds is 2. The minimum absolute atomic E-state index is 0.263. The molecule has 0 saturated heterocycles. The van der Waals surface area contributed by atoms with E-state index < -0.39 is 0 Å². The summed E-state index contributed by atoms with van der Waals surface area (Å²) in [5.74, 6) is 1.90. The van der Waals surface area contributed by atoms with Crippen LogP contribution in [0, 0.1) is 5.92 Å². The van der Waals surface area contributed by atoms with Gasteiger partial charge in [-0.1, -0.05) is 61.9 Å². The standard InChI is InChI=1S/C23H26N2O/c1-2-17-12-14-23(15-13-17)25-21(19-10-6-7-11-22(19)26-23)16-20(24-25)18-8-4-3-5-9-18/h3-11,17,21H,2,12-16H2,1H3/t17?,21-,23?/m1/s1. The Morgan fingerprint density at radius 2 is 1.77 bits per heavy atom. The van der Waals surface area contributed by atoms with E-state index in [1.807, 2.05) is 0 Å². The first-order valence-electron chi connectivity index (χ1n) is 9.99. The normalized spacial score (nSPS) is 29.7. The number of para-hydroxylation sites is 1. The van der Waals surface area contributed by atoms with E-state index in [2.05, 4.69) is 66.5 Å². The first-order valence-corrected chi connectivity index (χ1v) is 9.99. The van der Waals surface area contributed by atoms with Gasteiger partial charge in [-0.25, -0.2) is 5.01 Å². The van der Waals surface area contributed by atoms with Gasteiger partial charge in [0.25, 0.3) is 0 Å². The summed E-state index contributed by atoms with van der Waals surface area (Å²) >= 11 is 0.